The minimum absolute atomic E-state index is 0.245. The summed E-state index contributed by atoms with van der Waals surface area (Å²) in [6.45, 7) is 4.38. The highest BCUT2D eigenvalue weighted by Crippen LogP contribution is 2.26. The first-order chi connectivity index (χ1) is 9.54. The van der Waals surface area contributed by atoms with E-state index in [0.717, 1.165) is 27.6 Å². The SMILES string of the molecule is Cc1nc(Cn2c(C(C)Cl)nc3ccc(F)cc32)cs1. The number of alkyl halides is 1. The quantitative estimate of drug-likeness (QED) is 0.676. The van der Waals surface area contributed by atoms with Crippen molar-refractivity contribution >= 4 is 34.0 Å². The summed E-state index contributed by atoms with van der Waals surface area (Å²) in [6, 6.07) is 4.58. The van der Waals surface area contributed by atoms with Crippen LogP contribution in [0.4, 0.5) is 4.39 Å². The minimum Gasteiger partial charge on any atom is -0.321 e. The molecule has 6 heteroatoms. The Kier molecular flexibility index (Phi) is 3.48. The molecule has 1 aromatic carbocycles. The van der Waals surface area contributed by atoms with E-state index in [0.29, 0.717) is 6.54 Å². The molecular formula is C14H13ClFN3S. The van der Waals surface area contributed by atoms with Gasteiger partial charge in [-0.05, 0) is 32.0 Å². The van der Waals surface area contributed by atoms with Gasteiger partial charge >= 0.3 is 0 Å². The van der Waals surface area contributed by atoms with E-state index in [1.807, 2.05) is 23.8 Å². The zero-order valence-corrected chi connectivity index (χ0v) is 12.7. The number of hydrogen-bond donors (Lipinski definition) is 0. The van der Waals surface area contributed by atoms with E-state index in [2.05, 4.69) is 9.97 Å². The molecule has 3 rings (SSSR count). The van der Waals surface area contributed by atoms with Gasteiger partial charge in [0.25, 0.3) is 0 Å². The van der Waals surface area contributed by atoms with Gasteiger partial charge < -0.3 is 4.57 Å². The van der Waals surface area contributed by atoms with Crippen molar-refractivity contribution in [3.63, 3.8) is 0 Å². The number of aryl methyl sites for hydroxylation is 1. The van der Waals surface area contributed by atoms with E-state index in [-0.39, 0.29) is 11.2 Å². The van der Waals surface area contributed by atoms with Gasteiger partial charge in [0.15, 0.2) is 0 Å². The van der Waals surface area contributed by atoms with Gasteiger partial charge in [-0.2, -0.15) is 0 Å². The average molecular weight is 310 g/mol. The normalized spacial score (nSPS) is 13.0. The van der Waals surface area contributed by atoms with Crippen LogP contribution in [0.1, 0.15) is 28.8 Å². The number of nitrogens with zero attached hydrogens (tertiary/aromatic N) is 3. The zero-order chi connectivity index (χ0) is 14.3. The van der Waals surface area contributed by atoms with Crippen molar-refractivity contribution in [2.45, 2.75) is 25.8 Å². The first kappa shape index (κ1) is 13.5. The van der Waals surface area contributed by atoms with Crippen LogP contribution in [0, 0.1) is 12.7 Å². The Labute approximate surface area is 125 Å². The van der Waals surface area contributed by atoms with Crippen molar-refractivity contribution in [1.82, 2.24) is 14.5 Å². The summed E-state index contributed by atoms with van der Waals surface area (Å²) in [7, 11) is 0. The standard InChI is InChI=1S/C14H13ClFN3S/c1-8(15)14-18-12-4-3-10(16)5-13(12)19(14)6-11-7-20-9(2)17-11/h3-5,7-8H,6H2,1-2H3. The van der Waals surface area contributed by atoms with E-state index in [1.165, 1.54) is 12.1 Å². The molecule has 20 heavy (non-hydrogen) atoms. The Hall–Kier alpha value is -1.46. The first-order valence-electron chi connectivity index (χ1n) is 6.25. The summed E-state index contributed by atoms with van der Waals surface area (Å²) in [5.41, 5.74) is 2.44. The molecule has 0 radical (unpaired) electrons. The molecule has 0 N–H and O–H groups in total. The maximum Gasteiger partial charge on any atom is 0.128 e. The fraction of sp³-hybridized carbons (Fsp3) is 0.286. The number of halogens is 2. The first-order valence-corrected chi connectivity index (χ1v) is 7.57. The third kappa shape index (κ3) is 2.43. The summed E-state index contributed by atoms with van der Waals surface area (Å²) in [5, 5.41) is 2.77. The largest absolute Gasteiger partial charge is 0.321 e. The van der Waals surface area contributed by atoms with Crippen LogP contribution >= 0.6 is 22.9 Å². The Morgan fingerprint density at radius 3 is 2.85 bits per heavy atom. The predicted octanol–water partition coefficient (Wildman–Crippen LogP) is 4.29. The Bertz CT molecular complexity index is 763. The van der Waals surface area contributed by atoms with Gasteiger partial charge in [-0.1, -0.05) is 0 Å². The molecule has 0 fully saturated rings. The summed E-state index contributed by atoms with van der Waals surface area (Å²) in [4.78, 5) is 8.94. The molecule has 2 heterocycles. The van der Waals surface area contributed by atoms with Crippen LogP contribution in [0.15, 0.2) is 23.6 Å². The third-order valence-electron chi connectivity index (χ3n) is 3.08. The maximum atomic E-state index is 13.5. The van der Waals surface area contributed by atoms with Crippen molar-refractivity contribution < 1.29 is 4.39 Å². The van der Waals surface area contributed by atoms with Crippen molar-refractivity contribution in [2.75, 3.05) is 0 Å². The third-order valence-corrected chi connectivity index (χ3v) is 4.10. The van der Waals surface area contributed by atoms with Gasteiger partial charge in [0.2, 0.25) is 0 Å². The molecule has 3 aromatic rings. The Balaban J connectivity index is 2.15. The van der Waals surface area contributed by atoms with Gasteiger partial charge in [-0.3, -0.25) is 0 Å². The highest BCUT2D eigenvalue weighted by molar-refractivity contribution is 7.09. The lowest BCUT2D eigenvalue weighted by Gasteiger charge is -2.08. The number of benzene rings is 1. The molecule has 0 aliphatic heterocycles. The zero-order valence-electron chi connectivity index (χ0n) is 11.1. The lowest BCUT2D eigenvalue weighted by atomic mass is 10.3. The summed E-state index contributed by atoms with van der Waals surface area (Å²) in [5.74, 6) is 0.458. The van der Waals surface area contributed by atoms with Gasteiger partial charge in [-0.25, -0.2) is 14.4 Å². The maximum absolute atomic E-state index is 13.5. The van der Waals surface area contributed by atoms with Crippen molar-refractivity contribution in [3.05, 3.63) is 45.9 Å². The molecule has 0 aliphatic carbocycles. The highest BCUT2D eigenvalue weighted by Gasteiger charge is 2.16. The van der Waals surface area contributed by atoms with Crippen LogP contribution in [0.25, 0.3) is 11.0 Å². The summed E-state index contributed by atoms with van der Waals surface area (Å²) < 4.78 is 15.4. The summed E-state index contributed by atoms with van der Waals surface area (Å²) >= 11 is 7.79. The Morgan fingerprint density at radius 2 is 2.20 bits per heavy atom. The molecule has 0 spiro atoms. The average Bonchev–Trinajstić information content (AvgIpc) is 2.95. The van der Waals surface area contributed by atoms with Crippen molar-refractivity contribution in [3.8, 4) is 0 Å². The van der Waals surface area contributed by atoms with Crippen LogP contribution in [0.5, 0.6) is 0 Å². The molecule has 3 nitrogen and oxygen atoms in total. The number of hydrogen-bond acceptors (Lipinski definition) is 3. The van der Waals surface area contributed by atoms with E-state index >= 15 is 0 Å². The number of fused-ring (bicyclic) bond motifs is 1. The molecule has 0 saturated carbocycles. The molecule has 1 atom stereocenters. The van der Waals surface area contributed by atoms with E-state index < -0.39 is 0 Å². The molecule has 104 valence electrons. The predicted molar refractivity (Wildman–Crippen MR) is 79.9 cm³/mol. The monoisotopic (exact) mass is 309 g/mol. The second kappa shape index (κ2) is 5.14. The second-order valence-electron chi connectivity index (χ2n) is 4.66. The molecule has 0 saturated heterocycles. The molecule has 2 aromatic heterocycles. The van der Waals surface area contributed by atoms with Crippen molar-refractivity contribution in [2.24, 2.45) is 0 Å². The fourth-order valence-electron chi connectivity index (χ4n) is 2.23. The number of rotatable bonds is 3. The van der Waals surface area contributed by atoms with Crippen LogP contribution < -0.4 is 0 Å². The van der Waals surface area contributed by atoms with Gasteiger partial charge in [-0.15, -0.1) is 22.9 Å². The molecule has 1 unspecified atom stereocenters. The smallest absolute Gasteiger partial charge is 0.128 e. The van der Waals surface area contributed by atoms with E-state index in [4.69, 9.17) is 11.6 Å². The minimum atomic E-state index is -0.276. The van der Waals surface area contributed by atoms with Crippen LogP contribution in [-0.2, 0) is 6.54 Å². The number of aromatic nitrogens is 3. The number of imidazole rings is 1. The van der Waals surface area contributed by atoms with Crippen LogP contribution in [-0.4, -0.2) is 14.5 Å². The van der Waals surface area contributed by atoms with Gasteiger partial charge in [0, 0.05) is 5.38 Å². The fourth-order valence-corrected chi connectivity index (χ4v) is 3.00. The topological polar surface area (TPSA) is 30.7 Å². The molecular weight excluding hydrogens is 297 g/mol. The second-order valence-corrected chi connectivity index (χ2v) is 6.38. The van der Waals surface area contributed by atoms with Crippen LogP contribution in [0.3, 0.4) is 0 Å². The van der Waals surface area contributed by atoms with Gasteiger partial charge in [0.1, 0.15) is 11.6 Å². The number of thiazole rings is 1. The molecule has 0 amide bonds. The molecule has 0 bridgehead atoms. The lowest BCUT2D eigenvalue weighted by Crippen LogP contribution is -2.06. The van der Waals surface area contributed by atoms with Crippen LogP contribution in [0.2, 0.25) is 0 Å². The van der Waals surface area contributed by atoms with Gasteiger partial charge in [0.05, 0.1) is 33.7 Å². The lowest BCUT2D eigenvalue weighted by molar-refractivity contribution is 0.628. The highest BCUT2D eigenvalue weighted by atomic mass is 35.5. The summed E-state index contributed by atoms with van der Waals surface area (Å²) in [6.07, 6.45) is 0. The Morgan fingerprint density at radius 1 is 1.40 bits per heavy atom. The van der Waals surface area contributed by atoms with Crippen molar-refractivity contribution in [1.29, 1.82) is 0 Å². The van der Waals surface area contributed by atoms with E-state index in [1.54, 1.807) is 17.4 Å². The molecule has 0 aliphatic rings. The van der Waals surface area contributed by atoms with E-state index in [9.17, 15) is 4.39 Å².